The second-order valence-corrected chi connectivity index (χ2v) is 4.94. The molecule has 1 unspecified atom stereocenters. The van der Waals surface area contributed by atoms with Crippen LogP contribution >= 0.6 is 7.82 Å². The fourth-order valence-corrected chi connectivity index (χ4v) is 1.77. The molecule has 1 atom stereocenters. The molecule has 0 amide bonds. The molecular weight excluding hydrogens is 215 g/mol. The number of phosphoric ester groups is 1. The van der Waals surface area contributed by atoms with Crippen LogP contribution in [-0.4, -0.2) is 19.3 Å². The predicted molar refractivity (Wildman–Crippen MR) is 59.4 cm³/mol. The van der Waals surface area contributed by atoms with Gasteiger partial charge in [-0.05, 0) is 20.8 Å². The molecule has 0 aliphatic carbocycles. The van der Waals surface area contributed by atoms with Crippen LogP contribution in [0.3, 0.4) is 0 Å². The molecule has 0 radical (unpaired) electrons. The summed E-state index contributed by atoms with van der Waals surface area (Å²) in [6.45, 7) is 5.20. The maximum atomic E-state index is 11.8. The SMILES string of the molecule is C#CC(C)(C)OP(=O)(OC)OCC=CC. The Morgan fingerprint density at radius 3 is 2.53 bits per heavy atom. The second kappa shape index (κ2) is 6.09. The predicted octanol–water partition coefficient (Wildman–Crippen LogP) is 2.76. The van der Waals surface area contributed by atoms with E-state index in [1.807, 2.05) is 6.92 Å². The van der Waals surface area contributed by atoms with Crippen molar-refractivity contribution in [1.82, 2.24) is 0 Å². The number of rotatable bonds is 6. The van der Waals surface area contributed by atoms with Crippen LogP contribution in [0.15, 0.2) is 12.2 Å². The minimum Gasteiger partial charge on any atom is -0.290 e. The molecule has 86 valence electrons. The highest BCUT2D eigenvalue weighted by atomic mass is 31.2. The van der Waals surface area contributed by atoms with E-state index in [2.05, 4.69) is 5.92 Å². The monoisotopic (exact) mass is 232 g/mol. The molecule has 0 rings (SSSR count). The Kier molecular flexibility index (Phi) is 5.85. The largest absolute Gasteiger partial charge is 0.476 e. The van der Waals surface area contributed by atoms with Gasteiger partial charge in [0.15, 0.2) is 0 Å². The van der Waals surface area contributed by atoms with Crippen molar-refractivity contribution in [3.05, 3.63) is 12.2 Å². The highest BCUT2D eigenvalue weighted by Crippen LogP contribution is 2.51. The average Bonchev–Trinajstić information content (AvgIpc) is 2.18. The Morgan fingerprint density at radius 2 is 2.13 bits per heavy atom. The van der Waals surface area contributed by atoms with Gasteiger partial charge in [0, 0.05) is 7.11 Å². The summed E-state index contributed by atoms with van der Waals surface area (Å²) in [5.41, 5.74) is -0.985. The van der Waals surface area contributed by atoms with Gasteiger partial charge in [0.2, 0.25) is 0 Å². The molecule has 0 bridgehead atoms. The molecule has 4 nitrogen and oxygen atoms in total. The first-order valence-corrected chi connectivity index (χ1v) is 5.95. The molecule has 0 aromatic carbocycles. The second-order valence-electron chi connectivity index (χ2n) is 3.24. The average molecular weight is 232 g/mol. The minimum atomic E-state index is -3.56. The van der Waals surface area contributed by atoms with Crippen LogP contribution in [0.1, 0.15) is 20.8 Å². The summed E-state index contributed by atoms with van der Waals surface area (Å²) in [7, 11) is -2.31. The fourth-order valence-electron chi connectivity index (χ4n) is 0.653. The number of allylic oxidation sites excluding steroid dienone is 1. The van der Waals surface area contributed by atoms with E-state index in [-0.39, 0.29) is 6.61 Å². The highest BCUT2D eigenvalue weighted by Gasteiger charge is 2.32. The van der Waals surface area contributed by atoms with Crippen LogP contribution in [-0.2, 0) is 18.1 Å². The first-order valence-electron chi connectivity index (χ1n) is 4.49. The molecule has 15 heavy (non-hydrogen) atoms. The van der Waals surface area contributed by atoms with E-state index in [1.54, 1.807) is 26.0 Å². The van der Waals surface area contributed by atoms with Gasteiger partial charge in [-0.15, -0.1) is 6.42 Å². The summed E-state index contributed by atoms with van der Waals surface area (Å²) in [4.78, 5) is 0. The normalized spacial score (nSPS) is 16.2. The third-order valence-electron chi connectivity index (χ3n) is 1.48. The van der Waals surface area contributed by atoms with Crippen molar-refractivity contribution in [3.63, 3.8) is 0 Å². The summed E-state index contributed by atoms with van der Waals surface area (Å²) >= 11 is 0. The Bertz CT molecular complexity index is 301. The Labute approximate surface area is 91.2 Å². The van der Waals surface area contributed by atoms with Gasteiger partial charge in [-0.25, -0.2) is 4.57 Å². The third-order valence-corrected chi connectivity index (χ3v) is 3.07. The van der Waals surface area contributed by atoms with Crippen LogP contribution in [0, 0.1) is 12.3 Å². The van der Waals surface area contributed by atoms with Gasteiger partial charge in [0.1, 0.15) is 5.60 Å². The van der Waals surface area contributed by atoms with Gasteiger partial charge in [-0.3, -0.25) is 13.6 Å². The third kappa shape index (κ3) is 5.76. The van der Waals surface area contributed by atoms with E-state index in [4.69, 9.17) is 20.0 Å². The summed E-state index contributed by atoms with van der Waals surface area (Å²) in [5.74, 6) is 2.35. The van der Waals surface area contributed by atoms with Gasteiger partial charge < -0.3 is 0 Å². The standard InChI is InChI=1S/C10H17O4P/c1-6-8-9-13-15(11,12-5)14-10(3,4)7-2/h2,6,8H,9H2,1,3-5H3. The van der Waals surface area contributed by atoms with Crippen molar-refractivity contribution < 1.29 is 18.1 Å². The molecular formula is C10H17O4P. The van der Waals surface area contributed by atoms with Gasteiger partial charge in [-0.1, -0.05) is 18.1 Å². The van der Waals surface area contributed by atoms with Crippen molar-refractivity contribution in [2.24, 2.45) is 0 Å². The maximum Gasteiger partial charge on any atom is 0.476 e. The van der Waals surface area contributed by atoms with Gasteiger partial charge in [0.25, 0.3) is 0 Å². The molecule has 0 spiro atoms. The van der Waals surface area contributed by atoms with Crippen LogP contribution in [0.2, 0.25) is 0 Å². The maximum absolute atomic E-state index is 11.8. The van der Waals surface area contributed by atoms with E-state index < -0.39 is 13.4 Å². The number of phosphoric acid groups is 1. The van der Waals surface area contributed by atoms with E-state index in [1.165, 1.54) is 7.11 Å². The summed E-state index contributed by atoms with van der Waals surface area (Å²) in [6, 6.07) is 0. The van der Waals surface area contributed by atoms with Crippen LogP contribution in [0.25, 0.3) is 0 Å². The van der Waals surface area contributed by atoms with E-state index in [9.17, 15) is 4.57 Å². The van der Waals surface area contributed by atoms with Crippen molar-refractivity contribution in [2.75, 3.05) is 13.7 Å². The lowest BCUT2D eigenvalue weighted by atomic mass is 10.2. The zero-order valence-corrected chi connectivity index (χ0v) is 10.4. The molecule has 0 saturated carbocycles. The lowest BCUT2D eigenvalue weighted by Crippen LogP contribution is -2.21. The van der Waals surface area contributed by atoms with Crippen molar-refractivity contribution in [2.45, 2.75) is 26.4 Å². The van der Waals surface area contributed by atoms with Crippen molar-refractivity contribution in [1.29, 1.82) is 0 Å². The van der Waals surface area contributed by atoms with Gasteiger partial charge in [0.05, 0.1) is 6.61 Å². The molecule has 5 heteroatoms. The summed E-state index contributed by atoms with van der Waals surface area (Å²) in [5, 5.41) is 0. The van der Waals surface area contributed by atoms with Crippen LogP contribution < -0.4 is 0 Å². The lowest BCUT2D eigenvalue weighted by Gasteiger charge is -2.23. The minimum absolute atomic E-state index is 0.155. The Balaban J connectivity index is 4.46. The van der Waals surface area contributed by atoms with Crippen molar-refractivity contribution in [3.8, 4) is 12.3 Å². The molecule has 0 N–H and O–H groups in total. The molecule has 0 heterocycles. The Morgan fingerprint density at radius 1 is 1.53 bits per heavy atom. The fraction of sp³-hybridized carbons (Fsp3) is 0.600. The molecule has 0 saturated heterocycles. The first kappa shape index (κ1) is 14.4. The zero-order valence-electron chi connectivity index (χ0n) is 9.52. The first-order chi connectivity index (χ1) is 6.89. The number of hydrogen-bond acceptors (Lipinski definition) is 4. The lowest BCUT2D eigenvalue weighted by molar-refractivity contribution is 0.0799. The molecule has 0 aromatic rings. The van der Waals surface area contributed by atoms with E-state index >= 15 is 0 Å². The number of hydrogen-bond donors (Lipinski definition) is 0. The van der Waals surface area contributed by atoms with E-state index in [0.717, 1.165) is 0 Å². The zero-order chi connectivity index (χ0) is 11.9. The van der Waals surface area contributed by atoms with Gasteiger partial charge >= 0.3 is 7.82 Å². The summed E-state index contributed by atoms with van der Waals surface area (Å²) < 4.78 is 26.6. The van der Waals surface area contributed by atoms with Crippen LogP contribution in [0.5, 0.6) is 0 Å². The molecule has 0 aliphatic heterocycles. The Hall–Kier alpha value is -0.590. The topological polar surface area (TPSA) is 44.8 Å². The molecule has 0 aliphatic rings. The van der Waals surface area contributed by atoms with Gasteiger partial charge in [-0.2, -0.15) is 0 Å². The van der Waals surface area contributed by atoms with Crippen LogP contribution in [0.4, 0.5) is 0 Å². The van der Waals surface area contributed by atoms with Crippen molar-refractivity contribution >= 4 is 7.82 Å². The van der Waals surface area contributed by atoms with E-state index in [0.29, 0.717) is 0 Å². The smallest absolute Gasteiger partial charge is 0.290 e. The summed E-state index contributed by atoms with van der Waals surface area (Å²) in [6.07, 6.45) is 8.66. The molecule has 0 fully saturated rings. The quantitative estimate of drug-likeness (QED) is 0.401. The number of terminal acetylenes is 1. The molecule has 0 aromatic heterocycles. The highest BCUT2D eigenvalue weighted by molar-refractivity contribution is 7.48.